The molecule has 0 aromatic heterocycles. The summed E-state index contributed by atoms with van der Waals surface area (Å²) >= 11 is 0. The molecule has 0 bridgehead atoms. The van der Waals surface area contributed by atoms with Crippen LogP contribution in [0.4, 0.5) is 17.6 Å². The summed E-state index contributed by atoms with van der Waals surface area (Å²) in [5.41, 5.74) is -0.275. The van der Waals surface area contributed by atoms with Gasteiger partial charge in [0.25, 0.3) is 0 Å². The lowest BCUT2D eigenvalue weighted by molar-refractivity contribution is -0.200. The molecule has 3 unspecified atom stereocenters. The lowest BCUT2D eigenvalue weighted by Crippen LogP contribution is -2.70. The van der Waals surface area contributed by atoms with E-state index in [9.17, 15) is 17.6 Å². The summed E-state index contributed by atoms with van der Waals surface area (Å²) in [6.45, 7) is 3.59. The topological polar surface area (TPSA) is 21.3 Å². The number of hydrogen-bond donors (Lipinski definition) is 1. The van der Waals surface area contributed by atoms with Crippen LogP contribution in [-0.4, -0.2) is 37.6 Å². The first-order valence-corrected chi connectivity index (χ1v) is 6.28. The minimum absolute atomic E-state index is 0.0592. The number of ether oxygens (including phenoxy) is 1. The normalized spacial score (nSPS) is 35.2. The van der Waals surface area contributed by atoms with Crippen LogP contribution >= 0.6 is 0 Å². The SMILES string of the molecule is CC1(C)C(NCC(F)(F)C(F)F)C2CCCOC21. The quantitative estimate of drug-likeness (QED) is 0.792. The molecule has 2 rings (SSSR count). The molecule has 0 spiro atoms. The van der Waals surface area contributed by atoms with E-state index in [1.165, 1.54) is 0 Å². The molecule has 1 aliphatic heterocycles. The molecule has 6 heteroatoms. The molecule has 106 valence electrons. The minimum Gasteiger partial charge on any atom is -0.377 e. The first-order chi connectivity index (χ1) is 8.27. The van der Waals surface area contributed by atoms with Crippen LogP contribution < -0.4 is 5.32 Å². The molecular formula is C12H19F4NO. The van der Waals surface area contributed by atoms with Crippen molar-refractivity contribution in [2.24, 2.45) is 11.3 Å². The van der Waals surface area contributed by atoms with Crippen molar-refractivity contribution in [1.82, 2.24) is 5.32 Å². The van der Waals surface area contributed by atoms with Crippen molar-refractivity contribution in [3.8, 4) is 0 Å². The van der Waals surface area contributed by atoms with Crippen LogP contribution in [0.5, 0.6) is 0 Å². The second kappa shape index (κ2) is 4.63. The van der Waals surface area contributed by atoms with Gasteiger partial charge >= 0.3 is 12.3 Å². The van der Waals surface area contributed by atoms with E-state index in [1.54, 1.807) is 0 Å². The maximum atomic E-state index is 12.9. The lowest BCUT2D eigenvalue weighted by Gasteiger charge is -2.60. The summed E-state index contributed by atoms with van der Waals surface area (Å²) in [5, 5.41) is 2.62. The largest absolute Gasteiger partial charge is 0.377 e. The average Bonchev–Trinajstić information content (AvgIpc) is 2.28. The van der Waals surface area contributed by atoms with Crippen molar-refractivity contribution in [2.45, 2.75) is 51.2 Å². The van der Waals surface area contributed by atoms with E-state index in [0.717, 1.165) is 12.8 Å². The number of halogens is 4. The molecule has 1 aliphatic carbocycles. The molecule has 1 heterocycles. The molecule has 3 atom stereocenters. The minimum atomic E-state index is -3.96. The Morgan fingerprint density at radius 3 is 2.67 bits per heavy atom. The van der Waals surface area contributed by atoms with Gasteiger partial charge in [-0.05, 0) is 12.8 Å². The van der Waals surface area contributed by atoms with Gasteiger partial charge in [0.15, 0.2) is 0 Å². The molecule has 0 aromatic carbocycles. The van der Waals surface area contributed by atoms with Crippen LogP contribution in [0.2, 0.25) is 0 Å². The monoisotopic (exact) mass is 269 g/mol. The van der Waals surface area contributed by atoms with E-state index in [1.807, 2.05) is 13.8 Å². The summed E-state index contributed by atoms with van der Waals surface area (Å²) in [5.74, 6) is -3.79. The van der Waals surface area contributed by atoms with E-state index < -0.39 is 18.9 Å². The Labute approximate surface area is 104 Å². The van der Waals surface area contributed by atoms with E-state index in [-0.39, 0.29) is 23.5 Å². The summed E-state index contributed by atoms with van der Waals surface area (Å²) in [6, 6.07) is -0.174. The van der Waals surface area contributed by atoms with E-state index in [4.69, 9.17) is 4.74 Å². The van der Waals surface area contributed by atoms with Crippen molar-refractivity contribution < 1.29 is 22.3 Å². The third kappa shape index (κ3) is 2.25. The highest BCUT2D eigenvalue weighted by molar-refractivity contribution is 5.10. The Kier molecular flexibility index (Phi) is 3.62. The standard InChI is InChI=1S/C12H19F4NO/c1-11(2)8(7-4-3-5-18-9(7)11)17-6-12(15,16)10(13)14/h7-10,17H,3-6H2,1-2H3. The molecule has 0 aromatic rings. The van der Waals surface area contributed by atoms with Gasteiger partial charge in [0.05, 0.1) is 12.6 Å². The molecule has 1 N–H and O–H groups in total. The zero-order valence-corrected chi connectivity index (χ0v) is 10.6. The van der Waals surface area contributed by atoms with Gasteiger partial charge in [-0.2, -0.15) is 8.78 Å². The molecule has 0 amide bonds. The Morgan fingerprint density at radius 1 is 1.39 bits per heavy atom. The second-order valence-corrected chi connectivity index (χ2v) is 5.84. The van der Waals surface area contributed by atoms with Gasteiger partial charge in [0.1, 0.15) is 0 Å². The van der Waals surface area contributed by atoms with Gasteiger partial charge in [-0.25, -0.2) is 8.78 Å². The Balaban J connectivity index is 1.93. The summed E-state index contributed by atoms with van der Waals surface area (Å²) in [4.78, 5) is 0. The number of alkyl halides is 4. The number of rotatable bonds is 4. The third-order valence-corrected chi connectivity index (χ3v) is 4.21. The van der Waals surface area contributed by atoms with Crippen molar-refractivity contribution in [3.05, 3.63) is 0 Å². The maximum Gasteiger partial charge on any atom is 0.319 e. The first kappa shape index (κ1) is 14.1. The third-order valence-electron chi connectivity index (χ3n) is 4.21. The zero-order valence-electron chi connectivity index (χ0n) is 10.6. The smallest absolute Gasteiger partial charge is 0.319 e. The number of nitrogens with one attached hydrogen (secondary N) is 1. The van der Waals surface area contributed by atoms with Crippen LogP contribution in [0.25, 0.3) is 0 Å². The fourth-order valence-electron chi connectivity index (χ4n) is 3.26. The van der Waals surface area contributed by atoms with Gasteiger partial charge in [-0.1, -0.05) is 13.8 Å². The van der Waals surface area contributed by atoms with E-state index >= 15 is 0 Å². The molecule has 1 saturated carbocycles. The Morgan fingerprint density at radius 2 is 2.06 bits per heavy atom. The highest BCUT2D eigenvalue weighted by Crippen LogP contribution is 2.51. The Hall–Kier alpha value is -0.360. The summed E-state index contributed by atoms with van der Waals surface area (Å²) < 4.78 is 55.6. The maximum absolute atomic E-state index is 12.9. The van der Waals surface area contributed by atoms with Crippen LogP contribution in [0.3, 0.4) is 0 Å². The van der Waals surface area contributed by atoms with E-state index in [2.05, 4.69) is 5.32 Å². The highest BCUT2D eigenvalue weighted by atomic mass is 19.3. The molecule has 1 saturated heterocycles. The fraction of sp³-hybridized carbons (Fsp3) is 1.00. The van der Waals surface area contributed by atoms with Crippen molar-refractivity contribution in [3.63, 3.8) is 0 Å². The van der Waals surface area contributed by atoms with Gasteiger partial charge < -0.3 is 10.1 Å². The van der Waals surface area contributed by atoms with Gasteiger partial charge in [0.2, 0.25) is 0 Å². The molecule has 0 radical (unpaired) electrons. The Bertz CT molecular complexity index is 308. The second-order valence-electron chi connectivity index (χ2n) is 5.84. The van der Waals surface area contributed by atoms with Crippen LogP contribution in [0.1, 0.15) is 26.7 Å². The van der Waals surface area contributed by atoms with Crippen molar-refractivity contribution >= 4 is 0 Å². The molecule has 2 fully saturated rings. The average molecular weight is 269 g/mol. The van der Waals surface area contributed by atoms with Crippen LogP contribution in [-0.2, 0) is 4.74 Å². The molecule has 18 heavy (non-hydrogen) atoms. The first-order valence-electron chi connectivity index (χ1n) is 6.28. The number of fused-ring (bicyclic) bond motifs is 1. The summed E-state index contributed by atoms with van der Waals surface area (Å²) in [7, 11) is 0. The summed E-state index contributed by atoms with van der Waals surface area (Å²) in [6.07, 6.45) is -1.75. The van der Waals surface area contributed by atoms with Gasteiger partial charge in [0, 0.05) is 24.0 Å². The van der Waals surface area contributed by atoms with Crippen molar-refractivity contribution in [2.75, 3.05) is 13.2 Å². The molecule has 2 nitrogen and oxygen atoms in total. The highest BCUT2D eigenvalue weighted by Gasteiger charge is 2.58. The predicted octanol–water partition coefficient (Wildman–Crippen LogP) is 2.68. The van der Waals surface area contributed by atoms with E-state index in [0.29, 0.717) is 6.61 Å². The molecular weight excluding hydrogens is 250 g/mol. The number of hydrogen-bond acceptors (Lipinski definition) is 2. The zero-order chi connectivity index (χ0) is 13.6. The van der Waals surface area contributed by atoms with Crippen LogP contribution in [0, 0.1) is 11.3 Å². The van der Waals surface area contributed by atoms with Gasteiger partial charge in [-0.15, -0.1) is 0 Å². The molecule has 2 aliphatic rings. The van der Waals surface area contributed by atoms with Crippen molar-refractivity contribution in [1.29, 1.82) is 0 Å². The lowest BCUT2D eigenvalue weighted by atomic mass is 9.55. The van der Waals surface area contributed by atoms with Crippen LogP contribution in [0.15, 0.2) is 0 Å². The predicted molar refractivity (Wildman–Crippen MR) is 59.0 cm³/mol. The van der Waals surface area contributed by atoms with Gasteiger partial charge in [-0.3, -0.25) is 0 Å². The fourth-order valence-corrected chi connectivity index (χ4v) is 3.26.